The number of terminal acetylenes is 1. The molecule has 0 saturated heterocycles. The third-order valence-corrected chi connectivity index (χ3v) is 1.51. The molecule has 0 spiro atoms. The summed E-state index contributed by atoms with van der Waals surface area (Å²) in [7, 11) is 0. The second-order valence-corrected chi connectivity index (χ2v) is 2.75. The Bertz CT molecular complexity index is 281. The molecule has 56 valence electrons. The van der Waals surface area contributed by atoms with Crippen molar-refractivity contribution in [3.05, 3.63) is 29.6 Å². The molecule has 0 aromatic carbocycles. The summed E-state index contributed by atoms with van der Waals surface area (Å²) >= 11 is 0. The van der Waals surface area contributed by atoms with Crippen molar-refractivity contribution < 1.29 is 0 Å². The minimum Gasteiger partial charge on any atom is -0.244 e. The Morgan fingerprint density at radius 1 is 1.45 bits per heavy atom. The summed E-state index contributed by atoms with van der Waals surface area (Å²) in [6.45, 7) is 4.20. The lowest BCUT2D eigenvalue weighted by Gasteiger charge is -2.02. The van der Waals surface area contributed by atoms with E-state index in [2.05, 4.69) is 24.8 Å². The second kappa shape index (κ2) is 3.21. The van der Waals surface area contributed by atoms with Crippen LogP contribution in [0.5, 0.6) is 0 Å². The minimum atomic E-state index is 0.447. The van der Waals surface area contributed by atoms with Crippen LogP contribution in [0.3, 0.4) is 0 Å². The SMILES string of the molecule is C#Cc1cccc(C(C)C)n1. The molecule has 0 fully saturated rings. The van der Waals surface area contributed by atoms with Gasteiger partial charge in [0, 0.05) is 5.69 Å². The Balaban J connectivity index is 3.03. The van der Waals surface area contributed by atoms with E-state index in [-0.39, 0.29) is 0 Å². The zero-order chi connectivity index (χ0) is 8.27. The van der Waals surface area contributed by atoms with Crippen molar-refractivity contribution in [1.29, 1.82) is 0 Å². The number of hydrogen-bond donors (Lipinski definition) is 0. The van der Waals surface area contributed by atoms with Gasteiger partial charge in [-0.25, -0.2) is 4.98 Å². The van der Waals surface area contributed by atoms with Crippen molar-refractivity contribution in [3.8, 4) is 12.3 Å². The van der Waals surface area contributed by atoms with Crippen molar-refractivity contribution in [2.45, 2.75) is 19.8 Å². The number of aromatic nitrogens is 1. The first-order valence-corrected chi connectivity index (χ1v) is 3.67. The van der Waals surface area contributed by atoms with E-state index >= 15 is 0 Å². The van der Waals surface area contributed by atoms with Gasteiger partial charge in [-0.3, -0.25) is 0 Å². The molecule has 0 aliphatic carbocycles. The predicted molar refractivity (Wildman–Crippen MR) is 46.3 cm³/mol. The number of nitrogens with zero attached hydrogens (tertiary/aromatic N) is 1. The van der Waals surface area contributed by atoms with E-state index in [1.54, 1.807) is 0 Å². The molecular weight excluding hydrogens is 134 g/mol. The third-order valence-electron chi connectivity index (χ3n) is 1.51. The van der Waals surface area contributed by atoms with E-state index in [4.69, 9.17) is 6.42 Å². The Morgan fingerprint density at radius 3 is 2.73 bits per heavy atom. The molecule has 0 unspecified atom stereocenters. The van der Waals surface area contributed by atoms with Crippen LogP contribution in [0, 0.1) is 12.3 Å². The number of hydrogen-bond acceptors (Lipinski definition) is 1. The van der Waals surface area contributed by atoms with Crippen LogP contribution in [0.1, 0.15) is 31.2 Å². The second-order valence-electron chi connectivity index (χ2n) is 2.75. The summed E-state index contributed by atoms with van der Waals surface area (Å²) in [5.74, 6) is 2.96. The van der Waals surface area contributed by atoms with Gasteiger partial charge in [0.2, 0.25) is 0 Å². The summed E-state index contributed by atoms with van der Waals surface area (Å²) in [5, 5.41) is 0. The van der Waals surface area contributed by atoms with Gasteiger partial charge in [-0.2, -0.15) is 0 Å². The maximum Gasteiger partial charge on any atom is 0.113 e. The Labute approximate surface area is 67.5 Å². The van der Waals surface area contributed by atoms with Gasteiger partial charge in [-0.15, -0.1) is 6.42 Å². The van der Waals surface area contributed by atoms with E-state index in [1.165, 1.54) is 0 Å². The van der Waals surface area contributed by atoms with Crippen molar-refractivity contribution in [1.82, 2.24) is 4.98 Å². The normalized spacial score (nSPS) is 9.64. The Morgan fingerprint density at radius 2 is 2.18 bits per heavy atom. The highest BCUT2D eigenvalue weighted by Gasteiger charge is 1.99. The van der Waals surface area contributed by atoms with Crippen molar-refractivity contribution in [2.24, 2.45) is 0 Å². The first-order valence-electron chi connectivity index (χ1n) is 3.67. The largest absolute Gasteiger partial charge is 0.244 e. The summed E-state index contributed by atoms with van der Waals surface area (Å²) in [5.41, 5.74) is 1.77. The van der Waals surface area contributed by atoms with E-state index in [0.717, 1.165) is 11.4 Å². The molecule has 0 N–H and O–H groups in total. The fraction of sp³-hybridized carbons (Fsp3) is 0.300. The monoisotopic (exact) mass is 145 g/mol. The van der Waals surface area contributed by atoms with Crippen molar-refractivity contribution >= 4 is 0 Å². The summed E-state index contributed by atoms with van der Waals surface area (Å²) in [4.78, 5) is 4.25. The maximum absolute atomic E-state index is 5.21. The molecule has 0 bridgehead atoms. The van der Waals surface area contributed by atoms with Crippen molar-refractivity contribution in [3.63, 3.8) is 0 Å². The van der Waals surface area contributed by atoms with Gasteiger partial charge in [0.15, 0.2) is 0 Å². The lowest BCUT2D eigenvalue weighted by molar-refractivity contribution is 0.820. The molecule has 1 nitrogen and oxygen atoms in total. The topological polar surface area (TPSA) is 12.9 Å². The van der Waals surface area contributed by atoms with Gasteiger partial charge in [0.1, 0.15) is 5.69 Å². The number of pyridine rings is 1. The molecule has 0 amide bonds. The van der Waals surface area contributed by atoms with Crippen LogP contribution < -0.4 is 0 Å². The Hall–Kier alpha value is -1.29. The summed E-state index contributed by atoms with van der Waals surface area (Å²) in [6.07, 6.45) is 5.21. The molecule has 11 heavy (non-hydrogen) atoms. The molecule has 1 heterocycles. The van der Waals surface area contributed by atoms with Crippen LogP contribution >= 0.6 is 0 Å². The average molecular weight is 145 g/mol. The third kappa shape index (κ3) is 1.81. The average Bonchev–Trinajstić information content (AvgIpc) is 2.05. The predicted octanol–water partition coefficient (Wildman–Crippen LogP) is 2.19. The first kappa shape index (κ1) is 7.81. The van der Waals surface area contributed by atoms with Gasteiger partial charge >= 0.3 is 0 Å². The van der Waals surface area contributed by atoms with Crippen LogP contribution in [-0.2, 0) is 0 Å². The molecule has 1 aromatic heterocycles. The van der Waals surface area contributed by atoms with E-state index in [1.807, 2.05) is 18.2 Å². The zero-order valence-electron chi connectivity index (χ0n) is 6.83. The smallest absolute Gasteiger partial charge is 0.113 e. The highest BCUT2D eigenvalue weighted by molar-refractivity contribution is 5.26. The quantitative estimate of drug-likeness (QED) is 0.552. The van der Waals surface area contributed by atoms with Gasteiger partial charge in [-0.05, 0) is 18.1 Å². The van der Waals surface area contributed by atoms with Crippen LogP contribution in [0.4, 0.5) is 0 Å². The molecule has 0 radical (unpaired) electrons. The van der Waals surface area contributed by atoms with Crippen LogP contribution in [-0.4, -0.2) is 4.98 Å². The number of rotatable bonds is 1. The molecule has 1 heteroatoms. The lowest BCUT2D eigenvalue weighted by Crippen LogP contribution is -1.93. The summed E-state index contributed by atoms with van der Waals surface area (Å²) in [6, 6.07) is 5.77. The van der Waals surface area contributed by atoms with Crippen molar-refractivity contribution in [2.75, 3.05) is 0 Å². The molecular formula is C10H11N. The van der Waals surface area contributed by atoms with E-state index in [9.17, 15) is 0 Å². The summed E-state index contributed by atoms with van der Waals surface area (Å²) < 4.78 is 0. The first-order chi connectivity index (χ1) is 5.24. The van der Waals surface area contributed by atoms with Gasteiger partial charge in [0.05, 0.1) is 0 Å². The molecule has 0 aliphatic heterocycles. The fourth-order valence-corrected chi connectivity index (χ4v) is 0.853. The van der Waals surface area contributed by atoms with Crippen LogP contribution in [0.2, 0.25) is 0 Å². The van der Waals surface area contributed by atoms with E-state index < -0.39 is 0 Å². The van der Waals surface area contributed by atoms with Gasteiger partial charge < -0.3 is 0 Å². The van der Waals surface area contributed by atoms with E-state index in [0.29, 0.717) is 5.92 Å². The van der Waals surface area contributed by atoms with Gasteiger partial charge in [-0.1, -0.05) is 25.8 Å². The van der Waals surface area contributed by atoms with Crippen LogP contribution in [0.25, 0.3) is 0 Å². The molecule has 0 atom stereocenters. The maximum atomic E-state index is 5.21. The molecule has 0 saturated carbocycles. The Kier molecular flexibility index (Phi) is 2.28. The lowest BCUT2D eigenvalue weighted by atomic mass is 10.1. The molecule has 1 aromatic rings. The molecule has 0 aliphatic rings. The highest BCUT2D eigenvalue weighted by atomic mass is 14.7. The minimum absolute atomic E-state index is 0.447. The molecule has 1 rings (SSSR count). The highest BCUT2D eigenvalue weighted by Crippen LogP contribution is 2.10. The van der Waals surface area contributed by atoms with Crippen LogP contribution in [0.15, 0.2) is 18.2 Å². The standard InChI is InChI=1S/C10H11N/c1-4-9-6-5-7-10(11-9)8(2)3/h1,5-8H,2-3H3. The zero-order valence-corrected chi connectivity index (χ0v) is 6.83. The fourth-order valence-electron chi connectivity index (χ4n) is 0.853. The van der Waals surface area contributed by atoms with Gasteiger partial charge in [0.25, 0.3) is 0 Å².